The van der Waals surface area contributed by atoms with Gasteiger partial charge in [-0.3, -0.25) is 9.59 Å². The number of rotatable bonds is 58. The van der Waals surface area contributed by atoms with Gasteiger partial charge >= 0.3 is 5.97 Å². The van der Waals surface area contributed by atoms with Crippen LogP contribution in [-0.4, -0.2) is 99.6 Å². The van der Waals surface area contributed by atoms with Gasteiger partial charge in [-0.2, -0.15) is 0 Å². The molecule has 496 valence electrons. The second-order valence-corrected chi connectivity index (χ2v) is 23.5. The van der Waals surface area contributed by atoms with E-state index in [0.29, 0.717) is 12.8 Å². The van der Waals surface area contributed by atoms with Crippen LogP contribution in [0.4, 0.5) is 0 Å². The highest BCUT2D eigenvalue weighted by atomic mass is 16.7. The summed E-state index contributed by atoms with van der Waals surface area (Å²) in [7, 11) is 0. The second kappa shape index (κ2) is 62.0. The highest BCUT2D eigenvalue weighted by Crippen LogP contribution is 2.26. The average molecular weight is 1210 g/mol. The number of aliphatic hydroxyl groups is 5. The van der Waals surface area contributed by atoms with Crippen LogP contribution in [-0.2, 0) is 23.8 Å². The van der Waals surface area contributed by atoms with Crippen LogP contribution in [0, 0.1) is 0 Å². The molecular formula is C76H127NO10. The van der Waals surface area contributed by atoms with Crippen LogP contribution >= 0.6 is 0 Å². The van der Waals surface area contributed by atoms with Crippen molar-refractivity contribution in [2.24, 2.45) is 0 Å². The maximum Gasteiger partial charge on any atom is 0.306 e. The lowest BCUT2D eigenvalue weighted by atomic mass is 9.99. The Morgan fingerprint density at radius 2 is 0.828 bits per heavy atom. The lowest BCUT2D eigenvalue weighted by molar-refractivity contribution is -0.305. The Kier molecular flexibility index (Phi) is 57.6. The molecule has 8 unspecified atom stereocenters. The number of carbonyl (C=O) groups excluding carboxylic acids is 2. The van der Waals surface area contributed by atoms with Crippen LogP contribution in [0.5, 0.6) is 0 Å². The molecule has 11 heteroatoms. The van der Waals surface area contributed by atoms with Crippen molar-refractivity contribution in [1.29, 1.82) is 0 Å². The molecule has 11 nitrogen and oxygen atoms in total. The Morgan fingerprint density at radius 1 is 0.460 bits per heavy atom. The van der Waals surface area contributed by atoms with Crippen LogP contribution in [0.1, 0.15) is 271 Å². The SMILES string of the molecule is CC/C=C\C/C=C\C/C=C\C/C=C\C/C=C\C/C=C\CCCCCCCC(O)C(=O)NC(COC1OC(CO)C(O)C(O)C1OC(=O)CCCCCCC/C=C\C/C=C\C/C=C\C/C=C\CCCCC)C(O)/C=C/CCCCCCCCCCCCC. The van der Waals surface area contributed by atoms with Gasteiger partial charge in [-0.25, -0.2) is 0 Å². The minimum Gasteiger partial charge on any atom is -0.454 e. The molecule has 1 fully saturated rings. The molecule has 87 heavy (non-hydrogen) atoms. The van der Waals surface area contributed by atoms with Gasteiger partial charge in [0, 0.05) is 6.42 Å². The number of unbranched alkanes of at least 4 members (excludes halogenated alkanes) is 24. The number of hydrogen-bond donors (Lipinski definition) is 6. The monoisotopic (exact) mass is 1210 g/mol. The zero-order valence-electron chi connectivity index (χ0n) is 55.1. The van der Waals surface area contributed by atoms with Gasteiger partial charge in [-0.05, 0) is 122 Å². The van der Waals surface area contributed by atoms with E-state index in [1.54, 1.807) is 6.08 Å². The maximum absolute atomic E-state index is 13.5. The minimum atomic E-state index is -1.63. The first-order valence-corrected chi connectivity index (χ1v) is 35.0. The molecule has 0 spiro atoms. The van der Waals surface area contributed by atoms with E-state index in [9.17, 15) is 35.1 Å². The molecule has 0 aliphatic carbocycles. The Balaban J connectivity index is 2.66. The molecule has 0 radical (unpaired) electrons. The predicted molar refractivity (Wildman–Crippen MR) is 365 cm³/mol. The van der Waals surface area contributed by atoms with Gasteiger partial charge in [0.2, 0.25) is 5.91 Å². The van der Waals surface area contributed by atoms with Gasteiger partial charge < -0.3 is 45.1 Å². The number of hydrogen-bond acceptors (Lipinski definition) is 10. The van der Waals surface area contributed by atoms with Crippen LogP contribution in [0.2, 0.25) is 0 Å². The summed E-state index contributed by atoms with van der Waals surface area (Å²) >= 11 is 0. The van der Waals surface area contributed by atoms with Gasteiger partial charge in [0.1, 0.15) is 24.4 Å². The van der Waals surface area contributed by atoms with Crippen molar-refractivity contribution in [3.05, 3.63) is 134 Å². The minimum absolute atomic E-state index is 0.0934. The summed E-state index contributed by atoms with van der Waals surface area (Å²) in [6, 6.07) is -1.05. The largest absolute Gasteiger partial charge is 0.454 e. The molecule has 1 heterocycles. The standard InChI is InChI=1S/C76H127NO10/c1-4-7-10-13-16-19-22-25-27-29-31-33-34-35-37-38-40-42-45-48-51-54-57-60-63-69(80)75(84)77-67(68(79)62-59-56-53-50-47-44-24-21-18-15-12-9-6-3)66-85-76-74(73(83)72(82)70(65-78)86-76)87-71(81)64-61-58-55-52-49-46-43-41-39-36-32-30-28-26-23-20-17-14-11-8-5-2/h7,10,16-17,19-20,25-28,31-33,35-37,40-43,59,62,67-70,72-74,76,78-80,82-83H,4-6,8-9,11-15,18,21-24,29-30,34,38-39,44-58,60-61,63-66H2,1-3H3,(H,77,84)/b10-7-,19-16-,20-17-,27-25-,28-26-,33-31-,36-32-,37-35-,42-40-,43-41-,62-59+. The predicted octanol–water partition coefficient (Wildman–Crippen LogP) is 18.0. The number of allylic oxidation sites excluding steroid dienone is 21. The van der Waals surface area contributed by atoms with Crippen molar-refractivity contribution >= 4 is 11.9 Å². The van der Waals surface area contributed by atoms with E-state index >= 15 is 0 Å². The zero-order valence-corrected chi connectivity index (χ0v) is 55.1. The molecule has 1 saturated heterocycles. The van der Waals surface area contributed by atoms with Gasteiger partial charge in [0.05, 0.1) is 25.4 Å². The number of nitrogens with one attached hydrogen (secondary N) is 1. The number of aliphatic hydroxyl groups excluding tert-OH is 5. The number of carbonyl (C=O) groups is 2. The summed E-state index contributed by atoms with van der Waals surface area (Å²) in [4.78, 5) is 26.7. The molecule has 1 aliphatic rings. The summed E-state index contributed by atoms with van der Waals surface area (Å²) < 4.78 is 17.7. The Bertz CT molecular complexity index is 1930. The quantitative estimate of drug-likeness (QED) is 0.0195. The molecule has 1 aliphatic heterocycles. The lowest BCUT2D eigenvalue weighted by Gasteiger charge is -2.41. The Hall–Kier alpha value is -4.20. The van der Waals surface area contributed by atoms with Crippen molar-refractivity contribution in [1.82, 2.24) is 5.32 Å². The van der Waals surface area contributed by atoms with E-state index in [0.717, 1.165) is 148 Å². The van der Waals surface area contributed by atoms with Crippen molar-refractivity contribution in [2.45, 2.75) is 320 Å². The first-order valence-electron chi connectivity index (χ1n) is 35.0. The molecule has 0 saturated carbocycles. The smallest absolute Gasteiger partial charge is 0.306 e. The Labute approximate surface area is 531 Å². The third-order valence-electron chi connectivity index (χ3n) is 15.5. The molecule has 0 aromatic rings. The fourth-order valence-electron chi connectivity index (χ4n) is 10.0. The second-order valence-electron chi connectivity index (χ2n) is 23.5. The summed E-state index contributed by atoms with van der Waals surface area (Å²) in [5.41, 5.74) is 0. The highest BCUT2D eigenvalue weighted by Gasteiger charge is 2.47. The first-order chi connectivity index (χ1) is 42.7. The summed E-state index contributed by atoms with van der Waals surface area (Å²) in [6.07, 6.45) is 77.6. The van der Waals surface area contributed by atoms with E-state index in [1.165, 1.54) is 77.0 Å². The van der Waals surface area contributed by atoms with E-state index in [4.69, 9.17) is 14.2 Å². The van der Waals surface area contributed by atoms with Crippen LogP contribution in [0.25, 0.3) is 0 Å². The molecule has 0 bridgehead atoms. The maximum atomic E-state index is 13.5. The van der Waals surface area contributed by atoms with E-state index < -0.39 is 67.4 Å². The molecular weight excluding hydrogens is 1090 g/mol. The van der Waals surface area contributed by atoms with E-state index in [1.807, 2.05) is 6.08 Å². The molecule has 0 aromatic heterocycles. The number of esters is 1. The van der Waals surface area contributed by atoms with Crippen molar-refractivity contribution in [2.75, 3.05) is 13.2 Å². The summed E-state index contributed by atoms with van der Waals surface area (Å²) in [5.74, 6) is -1.24. The van der Waals surface area contributed by atoms with Crippen molar-refractivity contribution in [3.63, 3.8) is 0 Å². The summed E-state index contributed by atoms with van der Waals surface area (Å²) in [6.45, 7) is 5.64. The molecule has 1 amide bonds. The van der Waals surface area contributed by atoms with Crippen molar-refractivity contribution < 1.29 is 49.3 Å². The highest BCUT2D eigenvalue weighted by molar-refractivity contribution is 5.80. The normalized spacial score (nSPS) is 19.1. The fourth-order valence-corrected chi connectivity index (χ4v) is 10.0. The van der Waals surface area contributed by atoms with Crippen molar-refractivity contribution in [3.8, 4) is 0 Å². The zero-order chi connectivity index (χ0) is 63.1. The van der Waals surface area contributed by atoms with Crippen LogP contribution in [0.3, 0.4) is 0 Å². The third kappa shape index (κ3) is 49.3. The Morgan fingerprint density at radius 3 is 1.26 bits per heavy atom. The number of ether oxygens (including phenoxy) is 3. The fraction of sp³-hybridized carbons (Fsp3) is 0.684. The molecule has 0 aromatic carbocycles. The number of amides is 1. The first kappa shape index (κ1) is 80.8. The van der Waals surface area contributed by atoms with Gasteiger partial charge in [-0.1, -0.05) is 276 Å². The van der Waals surface area contributed by atoms with E-state index in [-0.39, 0.29) is 19.4 Å². The topological polar surface area (TPSA) is 175 Å². The van der Waals surface area contributed by atoms with Gasteiger partial charge in [0.15, 0.2) is 12.4 Å². The summed E-state index contributed by atoms with van der Waals surface area (Å²) in [5, 5.41) is 57.2. The molecule has 8 atom stereocenters. The lowest BCUT2D eigenvalue weighted by Crippen LogP contribution is -2.61. The molecule has 1 rings (SSSR count). The third-order valence-corrected chi connectivity index (χ3v) is 15.5. The van der Waals surface area contributed by atoms with E-state index in [2.05, 4.69) is 148 Å². The van der Waals surface area contributed by atoms with Gasteiger partial charge in [-0.15, -0.1) is 0 Å². The average Bonchev–Trinajstić information content (AvgIpc) is 1.53. The molecule has 6 N–H and O–H groups in total. The van der Waals surface area contributed by atoms with Crippen LogP contribution < -0.4 is 5.32 Å². The van der Waals surface area contributed by atoms with Gasteiger partial charge in [0.25, 0.3) is 0 Å². The van der Waals surface area contributed by atoms with Crippen LogP contribution in [0.15, 0.2) is 134 Å².